The third-order valence-electron chi connectivity index (χ3n) is 9.64. The number of carbonyl (C=O) groups is 2. The second-order valence-corrected chi connectivity index (χ2v) is 16.9. The number of aliphatic hydroxyl groups is 1. The normalized spacial score (nSPS) is 22.8. The van der Waals surface area contributed by atoms with Crippen molar-refractivity contribution in [3.63, 3.8) is 0 Å². The van der Waals surface area contributed by atoms with E-state index in [1.54, 1.807) is 20.6 Å². The number of fused-ring (bicyclic) bond motifs is 2. The van der Waals surface area contributed by atoms with Gasteiger partial charge in [-0.1, -0.05) is 66.7 Å². The summed E-state index contributed by atoms with van der Waals surface area (Å²) in [7, 11) is -2.89. The minimum Gasteiger partial charge on any atom is -0.432 e. The standard InChI is InChI=1S/C36H41N5O5Si/c1-5-19-40-32-17-16-28(41(24-43)27-14-10-7-11-15-27)21-30(32)36(35(40)44)25(2)34(47(3,4)45)33(46-36)18-20-39-22-31(37-38-39)29(23-42)26-12-8-6-9-13-26/h5-17,21-22,24-25,29,33-34,42,45H,1,18-20,23H2,2-4H3/t25-,29?,33+,34-,36+/m1/s1. The molecule has 244 valence electrons. The maximum absolute atomic E-state index is 14.5. The van der Waals surface area contributed by atoms with Gasteiger partial charge in [0.1, 0.15) is 0 Å². The van der Waals surface area contributed by atoms with Gasteiger partial charge in [-0.05, 0) is 55.4 Å². The Labute approximate surface area is 276 Å². The van der Waals surface area contributed by atoms with Gasteiger partial charge in [0, 0.05) is 47.7 Å². The summed E-state index contributed by atoms with van der Waals surface area (Å²) in [5, 5.41) is 18.8. The van der Waals surface area contributed by atoms with Gasteiger partial charge >= 0.3 is 0 Å². The van der Waals surface area contributed by atoms with E-state index in [0.717, 1.165) is 12.0 Å². The smallest absolute Gasteiger partial charge is 0.264 e. The molecule has 0 radical (unpaired) electrons. The Morgan fingerprint density at radius 3 is 2.43 bits per heavy atom. The quantitative estimate of drug-likeness (QED) is 0.124. The molecule has 3 aromatic carbocycles. The van der Waals surface area contributed by atoms with E-state index in [1.807, 2.05) is 105 Å². The van der Waals surface area contributed by atoms with Crippen LogP contribution < -0.4 is 9.80 Å². The SMILES string of the molecule is C=CCN1C(=O)[C@@]2(O[C@@H](CCn3cc(C(CO)c4ccccc4)nn3)[C@H]([Si](C)(C)O)[C@H]2C)c2cc(N(C=O)c3ccccc3)ccc21. The molecule has 0 bridgehead atoms. The molecule has 2 aliphatic rings. The average molecular weight is 652 g/mol. The maximum Gasteiger partial charge on any atom is 0.264 e. The minimum atomic E-state index is -2.89. The Hall–Kier alpha value is -4.42. The molecule has 1 fully saturated rings. The molecule has 4 aromatic rings. The summed E-state index contributed by atoms with van der Waals surface area (Å²) >= 11 is 0. The van der Waals surface area contributed by atoms with E-state index in [-0.39, 0.29) is 29.9 Å². The first-order valence-electron chi connectivity index (χ1n) is 16.0. The third-order valence-corrected chi connectivity index (χ3v) is 12.1. The number of benzene rings is 3. The van der Waals surface area contributed by atoms with Crippen molar-refractivity contribution >= 4 is 37.7 Å². The zero-order chi connectivity index (χ0) is 33.3. The molecule has 0 saturated carbocycles. The van der Waals surface area contributed by atoms with E-state index in [0.29, 0.717) is 47.8 Å². The van der Waals surface area contributed by atoms with Crippen LogP contribution in [-0.2, 0) is 26.5 Å². The van der Waals surface area contributed by atoms with Gasteiger partial charge in [-0.3, -0.25) is 19.2 Å². The number of nitrogens with zero attached hydrogens (tertiary/aromatic N) is 5. The topological polar surface area (TPSA) is 121 Å². The highest BCUT2D eigenvalue weighted by molar-refractivity contribution is 6.71. The number of hydrogen-bond donors (Lipinski definition) is 2. The first-order valence-corrected chi connectivity index (χ1v) is 19.0. The molecule has 2 aliphatic heterocycles. The number of hydrogen-bond acceptors (Lipinski definition) is 7. The molecular weight excluding hydrogens is 611 g/mol. The summed E-state index contributed by atoms with van der Waals surface area (Å²) in [5.74, 6) is -0.858. The number of anilines is 3. The molecule has 1 spiro atoms. The summed E-state index contributed by atoms with van der Waals surface area (Å²) < 4.78 is 8.69. The molecule has 1 saturated heterocycles. The van der Waals surface area contributed by atoms with E-state index < -0.39 is 20.0 Å². The molecule has 6 rings (SSSR count). The highest BCUT2D eigenvalue weighted by Gasteiger charge is 2.66. The number of rotatable bonds is 12. The molecule has 1 unspecified atom stereocenters. The summed E-state index contributed by atoms with van der Waals surface area (Å²) in [6.45, 7) is 10.3. The van der Waals surface area contributed by atoms with E-state index in [4.69, 9.17) is 4.74 Å². The van der Waals surface area contributed by atoms with Crippen molar-refractivity contribution in [1.82, 2.24) is 15.0 Å². The highest BCUT2D eigenvalue weighted by atomic mass is 28.4. The van der Waals surface area contributed by atoms with Gasteiger partial charge < -0.3 is 19.5 Å². The van der Waals surface area contributed by atoms with Crippen LogP contribution in [0.1, 0.15) is 36.1 Å². The lowest BCUT2D eigenvalue weighted by Gasteiger charge is -2.32. The highest BCUT2D eigenvalue weighted by Crippen LogP contribution is 2.60. The number of aryl methyl sites for hydroxylation is 1. The number of amides is 2. The molecule has 11 heteroatoms. The maximum atomic E-state index is 14.5. The van der Waals surface area contributed by atoms with Crippen LogP contribution in [0.25, 0.3) is 0 Å². The molecule has 3 heterocycles. The van der Waals surface area contributed by atoms with Gasteiger partial charge in [0.25, 0.3) is 5.91 Å². The lowest BCUT2D eigenvalue weighted by Crippen LogP contribution is -2.46. The lowest BCUT2D eigenvalue weighted by molar-refractivity contribution is -0.145. The number of para-hydroxylation sites is 1. The van der Waals surface area contributed by atoms with Gasteiger partial charge in [-0.2, -0.15) is 0 Å². The molecule has 2 N–H and O–H groups in total. The van der Waals surface area contributed by atoms with Gasteiger partial charge in [-0.15, -0.1) is 11.7 Å². The van der Waals surface area contributed by atoms with Crippen molar-refractivity contribution in [2.24, 2.45) is 5.92 Å². The molecule has 2 amide bonds. The van der Waals surface area contributed by atoms with Crippen molar-refractivity contribution in [2.75, 3.05) is 23.0 Å². The Morgan fingerprint density at radius 1 is 1.09 bits per heavy atom. The van der Waals surface area contributed by atoms with Gasteiger partial charge in [0.05, 0.1) is 30.0 Å². The Bertz CT molecular complexity index is 1740. The third kappa shape index (κ3) is 5.73. The fourth-order valence-electron chi connectivity index (χ4n) is 7.55. The summed E-state index contributed by atoms with van der Waals surface area (Å²) in [5.41, 5.74) is 2.68. The number of carbonyl (C=O) groups excluding carboxylic acids is 2. The monoisotopic (exact) mass is 651 g/mol. The van der Waals surface area contributed by atoms with Crippen molar-refractivity contribution in [3.8, 4) is 0 Å². The zero-order valence-electron chi connectivity index (χ0n) is 26.9. The molecule has 5 atom stereocenters. The molecular formula is C36H41N5O5Si. The fourth-order valence-corrected chi connectivity index (χ4v) is 10.2. The van der Waals surface area contributed by atoms with Crippen molar-refractivity contribution in [2.45, 2.75) is 56.1 Å². The van der Waals surface area contributed by atoms with Crippen LogP contribution in [0.4, 0.5) is 17.1 Å². The van der Waals surface area contributed by atoms with E-state index >= 15 is 0 Å². The Balaban J connectivity index is 1.34. The van der Waals surface area contributed by atoms with Crippen molar-refractivity contribution in [1.29, 1.82) is 0 Å². The first kappa shape index (κ1) is 32.5. The van der Waals surface area contributed by atoms with E-state index in [9.17, 15) is 19.5 Å². The van der Waals surface area contributed by atoms with Gasteiger partial charge in [0.2, 0.25) is 6.41 Å². The molecule has 47 heavy (non-hydrogen) atoms. The van der Waals surface area contributed by atoms with Crippen LogP contribution in [0.3, 0.4) is 0 Å². The van der Waals surface area contributed by atoms with Crippen molar-refractivity contribution < 1.29 is 24.2 Å². The minimum absolute atomic E-state index is 0.0998. The Morgan fingerprint density at radius 2 is 1.79 bits per heavy atom. The largest absolute Gasteiger partial charge is 0.432 e. The first-order chi connectivity index (χ1) is 22.6. The number of aliphatic hydroxyl groups excluding tert-OH is 1. The van der Waals surface area contributed by atoms with Crippen LogP contribution >= 0.6 is 0 Å². The molecule has 0 aliphatic carbocycles. The number of ether oxygens (including phenoxy) is 1. The second kappa shape index (κ2) is 13.0. The van der Waals surface area contributed by atoms with Crippen LogP contribution in [0.15, 0.2) is 97.7 Å². The zero-order valence-corrected chi connectivity index (χ0v) is 27.9. The summed E-state index contributed by atoms with van der Waals surface area (Å²) in [6.07, 6.45) is 4.33. The number of aromatic nitrogens is 3. The average Bonchev–Trinajstić information content (AvgIpc) is 3.72. The van der Waals surface area contributed by atoms with Crippen LogP contribution in [-0.4, -0.2) is 64.8 Å². The Kier molecular flexibility index (Phi) is 8.99. The van der Waals surface area contributed by atoms with E-state index in [2.05, 4.69) is 16.9 Å². The summed E-state index contributed by atoms with van der Waals surface area (Å²) in [6, 6.07) is 24.6. The summed E-state index contributed by atoms with van der Waals surface area (Å²) in [4.78, 5) is 41.8. The van der Waals surface area contributed by atoms with Gasteiger partial charge in [0.15, 0.2) is 13.9 Å². The lowest BCUT2D eigenvalue weighted by atomic mass is 9.82. The predicted molar refractivity (Wildman–Crippen MR) is 183 cm³/mol. The second-order valence-electron chi connectivity index (χ2n) is 12.9. The fraction of sp³-hybridized carbons (Fsp3) is 0.333. The van der Waals surface area contributed by atoms with E-state index in [1.165, 1.54) is 0 Å². The predicted octanol–water partition coefficient (Wildman–Crippen LogP) is 5.12. The van der Waals surface area contributed by atoms with Crippen LogP contribution in [0.5, 0.6) is 0 Å². The van der Waals surface area contributed by atoms with Crippen molar-refractivity contribution in [3.05, 3.63) is 115 Å². The van der Waals surface area contributed by atoms with Crippen LogP contribution in [0, 0.1) is 5.92 Å². The van der Waals surface area contributed by atoms with Crippen LogP contribution in [0.2, 0.25) is 18.6 Å². The molecule has 10 nitrogen and oxygen atoms in total. The van der Waals surface area contributed by atoms with Gasteiger partial charge in [-0.25, -0.2) is 0 Å². The molecule has 1 aromatic heterocycles.